The van der Waals surface area contributed by atoms with Crippen molar-refractivity contribution in [3.8, 4) is 11.4 Å². The number of hydrogen-bond acceptors (Lipinski definition) is 6. The lowest BCUT2D eigenvalue weighted by Crippen LogP contribution is -2.14. The Labute approximate surface area is 90.5 Å². The maximum Gasteiger partial charge on any atom is 0.246 e. The van der Waals surface area contributed by atoms with Crippen molar-refractivity contribution in [3.63, 3.8) is 0 Å². The molecule has 0 bridgehead atoms. The van der Waals surface area contributed by atoms with E-state index in [9.17, 15) is 0 Å². The summed E-state index contributed by atoms with van der Waals surface area (Å²) in [5, 5.41) is 16.6. The quantitative estimate of drug-likeness (QED) is 0.817. The highest BCUT2D eigenvalue weighted by Crippen LogP contribution is 2.24. The number of nitrogens with two attached hydrogens (primary N) is 1. The van der Waals surface area contributed by atoms with Gasteiger partial charge < -0.3 is 15.4 Å². The first kappa shape index (κ1) is 10.3. The first-order valence-corrected chi connectivity index (χ1v) is 5.40. The lowest BCUT2D eigenvalue weighted by molar-refractivity contribution is 0.237. The molecule has 0 spiro atoms. The van der Waals surface area contributed by atoms with Crippen molar-refractivity contribution in [1.29, 1.82) is 0 Å². The van der Waals surface area contributed by atoms with Crippen molar-refractivity contribution in [1.82, 2.24) is 10.1 Å². The molecule has 5 nitrogen and oxygen atoms in total. The second kappa shape index (κ2) is 4.09. The van der Waals surface area contributed by atoms with Crippen LogP contribution in [0.25, 0.3) is 11.4 Å². The van der Waals surface area contributed by atoms with E-state index in [0.29, 0.717) is 5.82 Å². The minimum Gasteiger partial charge on any atom is -0.394 e. The van der Waals surface area contributed by atoms with Gasteiger partial charge in [0, 0.05) is 10.9 Å². The predicted molar refractivity (Wildman–Crippen MR) is 56.4 cm³/mol. The van der Waals surface area contributed by atoms with Gasteiger partial charge in [-0.3, -0.25) is 0 Å². The second-order valence-corrected chi connectivity index (χ2v) is 3.96. The van der Waals surface area contributed by atoms with Crippen molar-refractivity contribution in [2.24, 2.45) is 5.73 Å². The van der Waals surface area contributed by atoms with Crippen LogP contribution in [0.3, 0.4) is 0 Å². The van der Waals surface area contributed by atoms with E-state index in [2.05, 4.69) is 10.1 Å². The molecule has 0 fully saturated rings. The minimum atomic E-state index is -0.606. The van der Waals surface area contributed by atoms with Crippen LogP contribution < -0.4 is 5.73 Å². The van der Waals surface area contributed by atoms with Gasteiger partial charge in [0.05, 0.1) is 6.61 Å². The Hall–Kier alpha value is -1.24. The number of hydrogen-bond donors (Lipinski definition) is 2. The summed E-state index contributed by atoms with van der Waals surface area (Å²) in [6, 6.07) is -0.606. The molecular formula is C9H11N3O2S. The summed E-state index contributed by atoms with van der Waals surface area (Å²) in [6.07, 6.45) is 0. The van der Waals surface area contributed by atoms with Gasteiger partial charge in [0.1, 0.15) is 6.04 Å². The Bertz CT molecular complexity index is 452. The molecule has 0 aliphatic heterocycles. The number of aliphatic hydroxyl groups is 1. The van der Waals surface area contributed by atoms with Gasteiger partial charge in [0.15, 0.2) is 0 Å². The molecular weight excluding hydrogens is 214 g/mol. The molecule has 2 aromatic rings. The summed E-state index contributed by atoms with van der Waals surface area (Å²) in [4.78, 5) is 4.13. The van der Waals surface area contributed by atoms with Crippen LogP contribution in [0.4, 0.5) is 0 Å². The van der Waals surface area contributed by atoms with Crippen molar-refractivity contribution in [2.45, 2.75) is 13.0 Å². The number of aromatic nitrogens is 2. The third-order valence-electron chi connectivity index (χ3n) is 2.05. The largest absolute Gasteiger partial charge is 0.394 e. The van der Waals surface area contributed by atoms with E-state index in [1.54, 1.807) is 11.3 Å². The molecule has 3 N–H and O–H groups in total. The Balaban J connectivity index is 2.32. The van der Waals surface area contributed by atoms with E-state index in [-0.39, 0.29) is 12.5 Å². The average Bonchev–Trinajstić information content (AvgIpc) is 2.84. The fourth-order valence-electron chi connectivity index (χ4n) is 1.16. The van der Waals surface area contributed by atoms with E-state index in [4.69, 9.17) is 15.4 Å². The molecule has 0 unspecified atom stereocenters. The fraction of sp³-hybridized carbons (Fsp3) is 0.333. The molecule has 2 rings (SSSR count). The molecule has 0 radical (unpaired) electrons. The highest BCUT2D eigenvalue weighted by Gasteiger charge is 2.15. The van der Waals surface area contributed by atoms with Crippen LogP contribution in [0, 0.1) is 6.92 Å². The second-order valence-electron chi connectivity index (χ2n) is 3.21. The summed E-state index contributed by atoms with van der Waals surface area (Å²) >= 11 is 1.58. The highest BCUT2D eigenvalue weighted by atomic mass is 32.1. The number of nitrogens with zero attached hydrogens (tertiary/aromatic N) is 2. The number of aliphatic hydroxyl groups excluding tert-OH is 1. The SMILES string of the molecule is Cc1cscc1-c1noc([C@@H](N)CO)n1. The monoisotopic (exact) mass is 225 g/mol. The smallest absolute Gasteiger partial charge is 0.246 e. The number of thiophene rings is 1. The summed E-state index contributed by atoms with van der Waals surface area (Å²) in [6.45, 7) is 1.78. The fourth-order valence-corrected chi connectivity index (χ4v) is 1.99. The van der Waals surface area contributed by atoms with E-state index in [1.807, 2.05) is 17.7 Å². The van der Waals surface area contributed by atoms with E-state index < -0.39 is 6.04 Å². The Morgan fingerprint density at radius 3 is 3.00 bits per heavy atom. The summed E-state index contributed by atoms with van der Waals surface area (Å²) in [5.74, 6) is 0.783. The zero-order valence-corrected chi connectivity index (χ0v) is 8.99. The molecule has 0 aromatic carbocycles. The summed E-state index contributed by atoms with van der Waals surface area (Å²) < 4.78 is 4.95. The average molecular weight is 225 g/mol. The summed E-state index contributed by atoms with van der Waals surface area (Å²) in [5.41, 5.74) is 7.60. The Morgan fingerprint density at radius 2 is 2.40 bits per heavy atom. The molecule has 0 saturated carbocycles. The van der Waals surface area contributed by atoms with Gasteiger partial charge in [-0.25, -0.2) is 0 Å². The first-order chi connectivity index (χ1) is 7.22. The Kier molecular flexibility index (Phi) is 2.81. The molecule has 2 heterocycles. The maximum atomic E-state index is 8.83. The van der Waals surface area contributed by atoms with Crippen LogP contribution >= 0.6 is 11.3 Å². The van der Waals surface area contributed by atoms with Gasteiger partial charge in [-0.2, -0.15) is 16.3 Å². The van der Waals surface area contributed by atoms with Crippen molar-refractivity contribution < 1.29 is 9.63 Å². The van der Waals surface area contributed by atoms with Gasteiger partial charge >= 0.3 is 0 Å². The van der Waals surface area contributed by atoms with Crippen LogP contribution in [-0.4, -0.2) is 21.9 Å². The molecule has 2 aromatic heterocycles. The van der Waals surface area contributed by atoms with Crippen LogP contribution in [0.2, 0.25) is 0 Å². The van der Waals surface area contributed by atoms with Gasteiger partial charge in [-0.05, 0) is 17.9 Å². The molecule has 80 valence electrons. The molecule has 0 saturated heterocycles. The number of rotatable bonds is 3. The highest BCUT2D eigenvalue weighted by molar-refractivity contribution is 7.08. The third-order valence-corrected chi connectivity index (χ3v) is 2.91. The normalized spacial score (nSPS) is 13.0. The van der Waals surface area contributed by atoms with Gasteiger partial charge in [0.25, 0.3) is 0 Å². The van der Waals surface area contributed by atoms with Crippen LogP contribution in [0.5, 0.6) is 0 Å². The lowest BCUT2D eigenvalue weighted by atomic mass is 10.2. The first-order valence-electron chi connectivity index (χ1n) is 4.45. The zero-order valence-electron chi connectivity index (χ0n) is 8.17. The topological polar surface area (TPSA) is 85.2 Å². The zero-order chi connectivity index (χ0) is 10.8. The maximum absolute atomic E-state index is 8.83. The van der Waals surface area contributed by atoms with Gasteiger partial charge in [-0.15, -0.1) is 0 Å². The minimum absolute atomic E-state index is 0.204. The van der Waals surface area contributed by atoms with Crippen molar-refractivity contribution in [3.05, 3.63) is 22.2 Å². The van der Waals surface area contributed by atoms with Crippen LogP contribution in [0.1, 0.15) is 17.5 Å². The number of aryl methyl sites for hydroxylation is 1. The molecule has 0 aliphatic carbocycles. The molecule has 6 heteroatoms. The van der Waals surface area contributed by atoms with Crippen molar-refractivity contribution in [2.75, 3.05) is 6.61 Å². The van der Waals surface area contributed by atoms with Gasteiger partial charge in [-0.1, -0.05) is 5.16 Å². The van der Waals surface area contributed by atoms with Crippen molar-refractivity contribution >= 4 is 11.3 Å². The Morgan fingerprint density at radius 1 is 1.60 bits per heavy atom. The lowest BCUT2D eigenvalue weighted by Gasteiger charge is -1.98. The molecule has 0 aliphatic rings. The van der Waals surface area contributed by atoms with Crippen LogP contribution in [-0.2, 0) is 0 Å². The molecule has 0 amide bonds. The predicted octanol–water partition coefficient (Wildman–Crippen LogP) is 1.10. The summed E-state index contributed by atoms with van der Waals surface area (Å²) in [7, 11) is 0. The van der Waals surface area contributed by atoms with Gasteiger partial charge in [0.2, 0.25) is 11.7 Å². The van der Waals surface area contributed by atoms with E-state index >= 15 is 0 Å². The molecule has 1 atom stereocenters. The van der Waals surface area contributed by atoms with E-state index in [1.165, 1.54) is 0 Å². The van der Waals surface area contributed by atoms with E-state index in [0.717, 1.165) is 11.1 Å². The molecule has 15 heavy (non-hydrogen) atoms. The standard InChI is InChI=1S/C9H11N3O2S/c1-5-3-15-4-6(5)8-11-9(14-12-8)7(10)2-13/h3-4,7,13H,2,10H2,1H3/t7-/m0/s1. The van der Waals surface area contributed by atoms with Crippen LogP contribution in [0.15, 0.2) is 15.3 Å². The third kappa shape index (κ3) is 1.92.